The van der Waals surface area contributed by atoms with Crippen molar-refractivity contribution in [3.8, 4) is 0 Å². The summed E-state index contributed by atoms with van der Waals surface area (Å²) in [5.41, 5.74) is 0.694. The van der Waals surface area contributed by atoms with Crippen molar-refractivity contribution in [2.45, 2.75) is 0 Å². The van der Waals surface area contributed by atoms with Crippen LogP contribution in [0.1, 0.15) is 0 Å². The Labute approximate surface area is 81.7 Å². The van der Waals surface area contributed by atoms with E-state index >= 15 is 0 Å². The number of rotatable bonds is 0. The van der Waals surface area contributed by atoms with Gasteiger partial charge < -0.3 is 4.98 Å². The van der Waals surface area contributed by atoms with E-state index in [9.17, 15) is 4.39 Å². The molecule has 0 amide bonds. The summed E-state index contributed by atoms with van der Waals surface area (Å²) < 4.78 is 13.9. The van der Waals surface area contributed by atoms with Crippen LogP contribution in [0.5, 0.6) is 0 Å². The summed E-state index contributed by atoms with van der Waals surface area (Å²) in [5.74, 6) is -0.306. The third-order valence-corrected chi connectivity index (χ3v) is 2.64. The predicted molar refractivity (Wildman–Crippen MR) is 51.0 cm³/mol. The van der Waals surface area contributed by atoms with Crippen LogP contribution in [-0.2, 0) is 0 Å². The first-order chi connectivity index (χ1) is 5.70. The van der Waals surface area contributed by atoms with Gasteiger partial charge in [0.1, 0.15) is 5.82 Å². The molecule has 4 heteroatoms. The number of nitrogens with one attached hydrogen (secondary N) is 1. The molecule has 62 valence electrons. The maximum atomic E-state index is 13.1. The fourth-order valence-electron chi connectivity index (χ4n) is 1.13. The second-order valence-electron chi connectivity index (χ2n) is 2.42. The van der Waals surface area contributed by atoms with Crippen LogP contribution in [0.4, 0.5) is 4.39 Å². The number of hydrogen-bond donors (Lipinski definition) is 1. The van der Waals surface area contributed by atoms with E-state index in [1.165, 1.54) is 6.07 Å². The normalized spacial score (nSPS) is 10.9. The first-order valence-electron chi connectivity index (χ1n) is 3.30. The van der Waals surface area contributed by atoms with Crippen LogP contribution in [0.25, 0.3) is 10.9 Å². The number of aromatic nitrogens is 1. The third-order valence-electron chi connectivity index (χ3n) is 1.69. The first-order valence-corrected chi connectivity index (χ1v) is 4.48. The fourth-order valence-corrected chi connectivity index (χ4v) is 1.82. The second kappa shape index (κ2) is 2.75. The SMILES string of the molecule is Fc1ccc(Br)c2[nH]cc(Cl)c12. The zero-order valence-corrected chi connectivity index (χ0v) is 8.21. The van der Waals surface area contributed by atoms with Gasteiger partial charge in [-0.15, -0.1) is 0 Å². The Morgan fingerprint density at radius 1 is 1.42 bits per heavy atom. The summed E-state index contributed by atoms with van der Waals surface area (Å²) in [5, 5.41) is 0.842. The maximum absolute atomic E-state index is 13.1. The highest BCUT2D eigenvalue weighted by Crippen LogP contribution is 2.30. The standard InChI is InChI=1S/C8H4BrClFN/c9-4-1-2-6(11)7-5(10)3-12-8(4)7/h1-3,12H. The largest absolute Gasteiger partial charge is 0.359 e. The average molecular weight is 248 g/mol. The number of hydrogen-bond acceptors (Lipinski definition) is 0. The van der Waals surface area contributed by atoms with Crippen LogP contribution in [0.15, 0.2) is 22.8 Å². The molecule has 2 aromatic rings. The van der Waals surface area contributed by atoms with Crippen LogP contribution < -0.4 is 0 Å². The topological polar surface area (TPSA) is 15.8 Å². The number of fused-ring (bicyclic) bond motifs is 1. The van der Waals surface area contributed by atoms with E-state index in [4.69, 9.17) is 11.6 Å². The van der Waals surface area contributed by atoms with E-state index in [0.29, 0.717) is 15.9 Å². The zero-order chi connectivity index (χ0) is 8.72. The third kappa shape index (κ3) is 1.04. The molecule has 0 atom stereocenters. The molecule has 0 fully saturated rings. The van der Waals surface area contributed by atoms with Crippen molar-refractivity contribution in [1.29, 1.82) is 0 Å². The highest BCUT2D eigenvalue weighted by molar-refractivity contribution is 9.10. The van der Waals surface area contributed by atoms with Crippen molar-refractivity contribution in [2.24, 2.45) is 0 Å². The summed E-state index contributed by atoms with van der Waals surface area (Å²) in [6.07, 6.45) is 1.57. The van der Waals surface area contributed by atoms with Gasteiger partial charge in [0.15, 0.2) is 0 Å². The van der Waals surface area contributed by atoms with Crippen molar-refractivity contribution in [3.63, 3.8) is 0 Å². The Morgan fingerprint density at radius 2 is 2.17 bits per heavy atom. The Hall–Kier alpha value is -0.540. The van der Waals surface area contributed by atoms with Gasteiger partial charge in [0, 0.05) is 10.7 Å². The van der Waals surface area contributed by atoms with Crippen LogP contribution in [-0.4, -0.2) is 4.98 Å². The summed E-state index contributed by atoms with van der Waals surface area (Å²) in [4.78, 5) is 2.88. The highest BCUT2D eigenvalue weighted by Gasteiger charge is 2.08. The summed E-state index contributed by atoms with van der Waals surface area (Å²) in [6.45, 7) is 0. The molecular formula is C8H4BrClFN. The fraction of sp³-hybridized carbons (Fsp3) is 0. The minimum atomic E-state index is -0.306. The molecule has 1 aromatic heterocycles. The Kier molecular flexibility index (Phi) is 1.85. The highest BCUT2D eigenvalue weighted by atomic mass is 79.9. The summed E-state index contributed by atoms with van der Waals surface area (Å²) >= 11 is 9.05. The molecule has 12 heavy (non-hydrogen) atoms. The monoisotopic (exact) mass is 247 g/mol. The van der Waals surface area contributed by atoms with E-state index in [2.05, 4.69) is 20.9 Å². The van der Waals surface area contributed by atoms with Crippen LogP contribution in [0.2, 0.25) is 5.02 Å². The lowest BCUT2D eigenvalue weighted by Gasteiger charge is -1.95. The summed E-state index contributed by atoms with van der Waals surface area (Å²) in [6, 6.07) is 3.02. The molecule has 0 spiro atoms. The van der Waals surface area contributed by atoms with Crippen molar-refractivity contribution < 1.29 is 4.39 Å². The van der Waals surface area contributed by atoms with E-state index in [0.717, 1.165) is 4.47 Å². The number of H-pyrrole nitrogens is 1. The van der Waals surface area contributed by atoms with Gasteiger partial charge in [-0.1, -0.05) is 11.6 Å². The molecule has 0 aliphatic carbocycles. The molecule has 0 bridgehead atoms. The molecule has 1 nitrogen and oxygen atoms in total. The van der Waals surface area contributed by atoms with Gasteiger partial charge in [-0.2, -0.15) is 0 Å². The summed E-state index contributed by atoms with van der Waals surface area (Å²) in [7, 11) is 0. The van der Waals surface area contributed by atoms with Gasteiger partial charge in [0.25, 0.3) is 0 Å². The minimum Gasteiger partial charge on any atom is -0.359 e. The molecule has 2 rings (SSSR count). The smallest absolute Gasteiger partial charge is 0.134 e. The van der Waals surface area contributed by atoms with Crippen molar-refractivity contribution in [2.75, 3.05) is 0 Å². The zero-order valence-electron chi connectivity index (χ0n) is 5.87. The van der Waals surface area contributed by atoms with E-state index < -0.39 is 0 Å². The van der Waals surface area contributed by atoms with Crippen molar-refractivity contribution >= 4 is 38.4 Å². The second-order valence-corrected chi connectivity index (χ2v) is 3.68. The molecular weight excluding hydrogens is 244 g/mol. The van der Waals surface area contributed by atoms with Crippen molar-refractivity contribution in [1.82, 2.24) is 4.98 Å². The number of halogens is 3. The Balaban J connectivity index is 2.98. The molecule has 0 radical (unpaired) electrons. The van der Waals surface area contributed by atoms with E-state index in [1.54, 1.807) is 12.3 Å². The van der Waals surface area contributed by atoms with Crippen LogP contribution in [0.3, 0.4) is 0 Å². The average Bonchev–Trinajstić information content (AvgIpc) is 2.42. The molecule has 0 unspecified atom stereocenters. The first kappa shape index (κ1) is 8.08. The molecule has 0 aliphatic rings. The van der Waals surface area contributed by atoms with Gasteiger partial charge in [-0.25, -0.2) is 4.39 Å². The van der Waals surface area contributed by atoms with Gasteiger partial charge in [-0.3, -0.25) is 0 Å². The number of benzene rings is 1. The van der Waals surface area contributed by atoms with Gasteiger partial charge in [0.05, 0.1) is 15.9 Å². The molecule has 0 aliphatic heterocycles. The number of aromatic amines is 1. The molecule has 1 N–H and O–H groups in total. The van der Waals surface area contributed by atoms with E-state index in [-0.39, 0.29) is 5.82 Å². The van der Waals surface area contributed by atoms with Crippen LogP contribution in [0, 0.1) is 5.82 Å². The maximum Gasteiger partial charge on any atom is 0.134 e. The molecule has 0 saturated carbocycles. The van der Waals surface area contributed by atoms with Gasteiger partial charge in [0.2, 0.25) is 0 Å². The quantitative estimate of drug-likeness (QED) is 0.731. The van der Waals surface area contributed by atoms with E-state index in [1.807, 2.05) is 0 Å². The lowest BCUT2D eigenvalue weighted by Crippen LogP contribution is -1.77. The lowest BCUT2D eigenvalue weighted by atomic mass is 10.2. The Morgan fingerprint density at radius 3 is 2.83 bits per heavy atom. The van der Waals surface area contributed by atoms with Gasteiger partial charge >= 0.3 is 0 Å². The Bertz CT molecular complexity index is 438. The molecule has 0 saturated heterocycles. The predicted octanol–water partition coefficient (Wildman–Crippen LogP) is 3.72. The minimum absolute atomic E-state index is 0.306. The van der Waals surface area contributed by atoms with Gasteiger partial charge in [-0.05, 0) is 28.1 Å². The molecule has 1 aromatic carbocycles. The lowest BCUT2D eigenvalue weighted by molar-refractivity contribution is 0.640. The van der Waals surface area contributed by atoms with Crippen LogP contribution >= 0.6 is 27.5 Å². The van der Waals surface area contributed by atoms with Crippen molar-refractivity contribution in [3.05, 3.63) is 33.6 Å². The molecule has 1 heterocycles.